The minimum Gasteiger partial charge on any atom is -0.393 e. The van der Waals surface area contributed by atoms with Crippen LogP contribution in [0.15, 0.2) is 0 Å². The van der Waals surface area contributed by atoms with E-state index in [0.717, 1.165) is 38.8 Å². The molecule has 0 aromatic rings. The van der Waals surface area contributed by atoms with Crippen LogP contribution in [0.1, 0.15) is 44.9 Å². The molecule has 3 heteroatoms. The van der Waals surface area contributed by atoms with Crippen molar-refractivity contribution in [3.05, 3.63) is 0 Å². The molecule has 1 saturated heterocycles. The number of nitrogens with zero attached hydrogens (tertiary/aromatic N) is 2. The Morgan fingerprint density at radius 2 is 1.73 bits per heavy atom. The van der Waals surface area contributed by atoms with Crippen LogP contribution in [-0.4, -0.2) is 34.7 Å². The maximum absolute atomic E-state index is 9.47. The molecule has 0 aromatic carbocycles. The van der Waals surface area contributed by atoms with Crippen molar-refractivity contribution in [3.63, 3.8) is 0 Å². The van der Waals surface area contributed by atoms with Crippen LogP contribution in [0.2, 0.25) is 0 Å². The van der Waals surface area contributed by atoms with Gasteiger partial charge in [-0.15, -0.1) is 0 Å². The Morgan fingerprint density at radius 3 is 2.27 bits per heavy atom. The van der Waals surface area contributed by atoms with E-state index in [1.807, 2.05) is 0 Å². The first-order chi connectivity index (χ1) is 7.27. The Bertz CT molecular complexity index is 245. The summed E-state index contributed by atoms with van der Waals surface area (Å²) in [4.78, 5) is 2.32. The maximum Gasteiger partial charge on any atom is 0.109 e. The fraction of sp³-hybridized carbons (Fsp3) is 0.917. The first kappa shape index (κ1) is 10.9. The monoisotopic (exact) mass is 208 g/mol. The van der Waals surface area contributed by atoms with Gasteiger partial charge in [0.2, 0.25) is 0 Å². The van der Waals surface area contributed by atoms with E-state index in [0.29, 0.717) is 0 Å². The second kappa shape index (κ2) is 4.51. The lowest BCUT2D eigenvalue weighted by Gasteiger charge is -2.44. The highest BCUT2D eigenvalue weighted by Crippen LogP contribution is 2.34. The zero-order valence-corrected chi connectivity index (χ0v) is 9.28. The molecular weight excluding hydrogens is 188 g/mol. The van der Waals surface area contributed by atoms with Gasteiger partial charge >= 0.3 is 0 Å². The highest BCUT2D eigenvalue weighted by molar-refractivity contribution is 5.10. The number of aliphatic hydroxyl groups excluding tert-OH is 1. The molecule has 2 rings (SSSR count). The van der Waals surface area contributed by atoms with Gasteiger partial charge in [-0.2, -0.15) is 5.26 Å². The summed E-state index contributed by atoms with van der Waals surface area (Å²) in [6.07, 6.45) is 7.24. The topological polar surface area (TPSA) is 47.3 Å². The zero-order chi connectivity index (χ0) is 10.7. The lowest BCUT2D eigenvalue weighted by molar-refractivity contribution is 0.0229. The van der Waals surface area contributed by atoms with E-state index in [1.54, 1.807) is 0 Å². The molecular formula is C12H20N2O. The average molecular weight is 208 g/mol. The fourth-order valence-electron chi connectivity index (χ4n) is 2.93. The molecule has 0 atom stereocenters. The lowest BCUT2D eigenvalue weighted by atomic mass is 9.80. The van der Waals surface area contributed by atoms with E-state index in [9.17, 15) is 10.4 Å². The van der Waals surface area contributed by atoms with Crippen LogP contribution in [0.3, 0.4) is 0 Å². The van der Waals surface area contributed by atoms with Crippen LogP contribution < -0.4 is 0 Å². The van der Waals surface area contributed by atoms with Crippen molar-refractivity contribution in [1.29, 1.82) is 5.26 Å². The predicted octanol–water partition coefficient (Wildman–Crippen LogP) is 1.67. The number of piperidine rings is 1. The molecule has 0 amide bonds. The number of aliphatic hydroxyl groups is 1. The van der Waals surface area contributed by atoms with Gasteiger partial charge in [0, 0.05) is 13.1 Å². The molecule has 0 unspecified atom stereocenters. The summed E-state index contributed by atoms with van der Waals surface area (Å²) in [7, 11) is 0. The quantitative estimate of drug-likeness (QED) is 0.713. The number of likely N-dealkylation sites (tertiary alicyclic amines) is 1. The van der Waals surface area contributed by atoms with E-state index in [1.165, 1.54) is 19.3 Å². The van der Waals surface area contributed by atoms with Gasteiger partial charge in [0.25, 0.3) is 0 Å². The van der Waals surface area contributed by atoms with Gasteiger partial charge in [0.15, 0.2) is 0 Å². The predicted molar refractivity (Wildman–Crippen MR) is 58.2 cm³/mol. The van der Waals surface area contributed by atoms with Gasteiger partial charge in [-0.05, 0) is 25.7 Å². The molecule has 0 radical (unpaired) electrons. The van der Waals surface area contributed by atoms with Gasteiger partial charge in [0.1, 0.15) is 5.54 Å². The number of nitriles is 1. The van der Waals surface area contributed by atoms with Crippen LogP contribution in [0.5, 0.6) is 0 Å². The number of rotatable bonds is 1. The molecule has 2 fully saturated rings. The minimum absolute atomic E-state index is 0.138. The SMILES string of the molecule is N#CC1(N2CCC(O)CC2)CCCCC1. The number of hydrogen-bond acceptors (Lipinski definition) is 3. The Kier molecular flexibility index (Phi) is 3.28. The summed E-state index contributed by atoms with van der Waals surface area (Å²) in [6.45, 7) is 1.80. The molecule has 0 aromatic heterocycles. The minimum atomic E-state index is -0.196. The first-order valence-electron chi connectivity index (χ1n) is 6.11. The first-order valence-corrected chi connectivity index (χ1v) is 6.11. The Hall–Kier alpha value is -0.590. The fourth-order valence-corrected chi connectivity index (χ4v) is 2.93. The van der Waals surface area contributed by atoms with Crippen LogP contribution in [0.25, 0.3) is 0 Å². The van der Waals surface area contributed by atoms with E-state index in [4.69, 9.17) is 0 Å². The van der Waals surface area contributed by atoms with Crippen molar-refractivity contribution in [2.24, 2.45) is 0 Å². The summed E-state index contributed by atoms with van der Waals surface area (Å²) in [5.74, 6) is 0. The van der Waals surface area contributed by atoms with Crippen molar-refractivity contribution in [1.82, 2.24) is 4.90 Å². The summed E-state index contributed by atoms with van der Waals surface area (Å²) >= 11 is 0. The molecule has 1 aliphatic heterocycles. The van der Waals surface area contributed by atoms with Crippen LogP contribution in [0, 0.1) is 11.3 Å². The van der Waals surface area contributed by atoms with E-state index < -0.39 is 0 Å². The summed E-state index contributed by atoms with van der Waals surface area (Å²) in [5.41, 5.74) is -0.196. The van der Waals surface area contributed by atoms with E-state index in [2.05, 4.69) is 11.0 Å². The second-order valence-corrected chi connectivity index (χ2v) is 4.92. The van der Waals surface area contributed by atoms with Crippen molar-refractivity contribution in [3.8, 4) is 6.07 Å². The lowest BCUT2D eigenvalue weighted by Crippen LogP contribution is -2.52. The molecule has 3 nitrogen and oxygen atoms in total. The van der Waals surface area contributed by atoms with Gasteiger partial charge < -0.3 is 5.11 Å². The van der Waals surface area contributed by atoms with Crippen LogP contribution in [-0.2, 0) is 0 Å². The van der Waals surface area contributed by atoms with Gasteiger partial charge in [-0.3, -0.25) is 4.90 Å². The maximum atomic E-state index is 9.47. The highest BCUT2D eigenvalue weighted by Gasteiger charge is 2.39. The van der Waals surface area contributed by atoms with Crippen molar-refractivity contribution >= 4 is 0 Å². The molecule has 1 heterocycles. The van der Waals surface area contributed by atoms with Gasteiger partial charge in [0.05, 0.1) is 12.2 Å². The molecule has 0 bridgehead atoms. The zero-order valence-electron chi connectivity index (χ0n) is 9.28. The molecule has 1 aliphatic carbocycles. The van der Waals surface area contributed by atoms with Crippen molar-refractivity contribution in [2.45, 2.75) is 56.6 Å². The normalized spacial score (nSPS) is 28.5. The molecule has 1 saturated carbocycles. The second-order valence-electron chi connectivity index (χ2n) is 4.92. The van der Waals surface area contributed by atoms with Gasteiger partial charge in [-0.25, -0.2) is 0 Å². The molecule has 2 aliphatic rings. The summed E-state index contributed by atoms with van der Waals surface area (Å²) in [6, 6.07) is 2.55. The molecule has 0 spiro atoms. The average Bonchev–Trinajstić information content (AvgIpc) is 2.31. The third kappa shape index (κ3) is 2.16. The molecule has 84 valence electrons. The van der Waals surface area contributed by atoms with Crippen molar-refractivity contribution in [2.75, 3.05) is 13.1 Å². The highest BCUT2D eigenvalue weighted by atomic mass is 16.3. The summed E-state index contributed by atoms with van der Waals surface area (Å²) < 4.78 is 0. The van der Waals surface area contributed by atoms with Crippen molar-refractivity contribution < 1.29 is 5.11 Å². The smallest absolute Gasteiger partial charge is 0.109 e. The molecule has 15 heavy (non-hydrogen) atoms. The third-order valence-corrected chi connectivity index (χ3v) is 3.96. The van der Waals surface area contributed by atoms with E-state index >= 15 is 0 Å². The summed E-state index contributed by atoms with van der Waals surface area (Å²) in [5, 5.41) is 18.9. The number of hydrogen-bond donors (Lipinski definition) is 1. The third-order valence-electron chi connectivity index (χ3n) is 3.96. The van der Waals surface area contributed by atoms with Crippen LogP contribution >= 0.6 is 0 Å². The van der Waals surface area contributed by atoms with Crippen LogP contribution in [0.4, 0.5) is 0 Å². The Balaban J connectivity index is 2.03. The molecule has 1 N–H and O–H groups in total. The standard InChI is InChI=1S/C12H20N2O/c13-10-12(6-2-1-3-7-12)14-8-4-11(15)5-9-14/h11,15H,1-9H2. The Labute approximate surface area is 91.7 Å². The largest absolute Gasteiger partial charge is 0.393 e. The van der Waals surface area contributed by atoms with Gasteiger partial charge in [-0.1, -0.05) is 19.3 Å². The van der Waals surface area contributed by atoms with E-state index in [-0.39, 0.29) is 11.6 Å². The Morgan fingerprint density at radius 1 is 1.13 bits per heavy atom.